The molecule has 6 nitrogen and oxygen atoms in total. The fraction of sp³-hybridized carbons (Fsp3) is 0.231. The van der Waals surface area contributed by atoms with E-state index in [-0.39, 0.29) is 11.7 Å². The molecule has 20 heavy (non-hydrogen) atoms. The van der Waals surface area contributed by atoms with Crippen molar-refractivity contribution in [1.29, 1.82) is 0 Å². The third kappa shape index (κ3) is 3.39. The van der Waals surface area contributed by atoms with Gasteiger partial charge >= 0.3 is 0 Å². The molecule has 7 heteroatoms. The minimum Gasteiger partial charge on any atom is -0.492 e. The fourth-order valence-corrected chi connectivity index (χ4v) is 2.35. The number of para-hydroxylation sites is 1. The van der Waals surface area contributed by atoms with Crippen LogP contribution in [-0.2, 0) is 0 Å². The summed E-state index contributed by atoms with van der Waals surface area (Å²) in [5, 5.41) is 6.30. The van der Waals surface area contributed by atoms with Gasteiger partial charge in [0.15, 0.2) is 5.82 Å². The summed E-state index contributed by atoms with van der Waals surface area (Å²) >= 11 is 1.16. The molecular weight excluding hydrogens is 276 g/mol. The molecule has 4 N–H and O–H groups in total. The highest BCUT2D eigenvalue weighted by Crippen LogP contribution is 2.26. The Bertz CT molecular complexity index is 571. The van der Waals surface area contributed by atoms with Crippen LogP contribution < -0.4 is 21.1 Å². The summed E-state index contributed by atoms with van der Waals surface area (Å²) in [6.07, 6.45) is 0. The maximum absolute atomic E-state index is 11.7. The maximum atomic E-state index is 11.7. The van der Waals surface area contributed by atoms with Gasteiger partial charge in [0.1, 0.15) is 22.9 Å². The van der Waals surface area contributed by atoms with Crippen LogP contribution in [0.3, 0.4) is 0 Å². The number of nitrogens with two attached hydrogens (primary N) is 1. The van der Waals surface area contributed by atoms with Crippen molar-refractivity contribution in [1.82, 2.24) is 9.69 Å². The van der Waals surface area contributed by atoms with Crippen LogP contribution >= 0.6 is 11.5 Å². The molecule has 0 fully saturated rings. The molecular formula is C13H16N4O2S. The Labute approximate surface area is 121 Å². The zero-order valence-electron chi connectivity index (χ0n) is 11.1. The Morgan fingerprint density at radius 2 is 2.15 bits per heavy atom. The highest BCUT2D eigenvalue weighted by atomic mass is 32.1. The van der Waals surface area contributed by atoms with E-state index >= 15 is 0 Å². The van der Waals surface area contributed by atoms with Crippen molar-refractivity contribution >= 4 is 28.3 Å². The molecule has 0 saturated carbocycles. The monoisotopic (exact) mass is 292 g/mol. The number of ether oxygens (including phenoxy) is 1. The van der Waals surface area contributed by atoms with Crippen LogP contribution in [0.1, 0.15) is 10.4 Å². The van der Waals surface area contributed by atoms with E-state index in [1.165, 1.54) is 0 Å². The Morgan fingerprint density at radius 1 is 1.40 bits per heavy atom. The molecule has 0 radical (unpaired) electrons. The van der Waals surface area contributed by atoms with Crippen LogP contribution in [0.15, 0.2) is 30.3 Å². The zero-order valence-corrected chi connectivity index (χ0v) is 11.9. The Balaban J connectivity index is 1.87. The van der Waals surface area contributed by atoms with Crippen LogP contribution in [0.5, 0.6) is 5.75 Å². The lowest BCUT2D eigenvalue weighted by Crippen LogP contribution is -2.21. The summed E-state index contributed by atoms with van der Waals surface area (Å²) < 4.78 is 9.53. The maximum Gasteiger partial charge on any atom is 0.257 e. The third-order valence-electron chi connectivity index (χ3n) is 2.57. The molecule has 0 unspecified atom stereocenters. The number of rotatable bonds is 6. The molecule has 0 saturated heterocycles. The van der Waals surface area contributed by atoms with Gasteiger partial charge in [-0.05, 0) is 23.7 Å². The normalized spacial score (nSPS) is 10.1. The van der Waals surface area contributed by atoms with Gasteiger partial charge in [-0.1, -0.05) is 18.2 Å². The first-order valence-electron chi connectivity index (χ1n) is 6.11. The summed E-state index contributed by atoms with van der Waals surface area (Å²) in [6, 6.07) is 9.54. The van der Waals surface area contributed by atoms with Gasteiger partial charge in [-0.25, -0.2) is 0 Å². The van der Waals surface area contributed by atoms with Crippen LogP contribution in [0.2, 0.25) is 0 Å². The number of amides is 1. The number of carbonyl (C=O) groups is 1. The van der Waals surface area contributed by atoms with Gasteiger partial charge < -0.3 is 21.1 Å². The number of nitrogens with one attached hydrogen (secondary N) is 2. The SMILES string of the molecule is CNC(=O)c1c(N)nsc1NCCOc1ccccc1. The first-order valence-corrected chi connectivity index (χ1v) is 6.88. The van der Waals surface area contributed by atoms with Crippen LogP contribution in [0, 0.1) is 0 Å². The molecule has 1 aromatic carbocycles. The second-order valence-corrected chi connectivity index (χ2v) is 4.71. The highest BCUT2D eigenvalue weighted by Gasteiger charge is 2.17. The average Bonchev–Trinajstić information content (AvgIpc) is 2.85. The van der Waals surface area contributed by atoms with Crippen LogP contribution in [-0.4, -0.2) is 30.5 Å². The number of carbonyl (C=O) groups excluding carboxylic acids is 1. The van der Waals surface area contributed by atoms with E-state index in [1.807, 2.05) is 30.3 Å². The minimum absolute atomic E-state index is 0.237. The van der Waals surface area contributed by atoms with Crippen molar-refractivity contribution in [3.05, 3.63) is 35.9 Å². The Hall–Kier alpha value is -2.28. The van der Waals surface area contributed by atoms with Crippen molar-refractivity contribution in [3.63, 3.8) is 0 Å². The second-order valence-electron chi connectivity index (χ2n) is 3.94. The number of benzene rings is 1. The molecule has 2 aromatic rings. The standard InChI is InChI=1S/C13H16N4O2S/c1-15-12(18)10-11(14)17-20-13(10)16-7-8-19-9-5-3-2-4-6-9/h2-6,16H,7-8H2,1H3,(H2,14,17)(H,15,18). The predicted octanol–water partition coefficient (Wildman–Crippen LogP) is 1.58. The minimum atomic E-state index is -0.247. The fourth-order valence-electron chi connectivity index (χ4n) is 1.62. The van der Waals surface area contributed by atoms with Gasteiger partial charge in [0.05, 0.1) is 0 Å². The molecule has 0 aliphatic heterocycles. The number of hydrogen-bond donors (Lipinski definition) is 3. The third-order valence-corrected chi connectivity index (χ3v) is 3.39. The Morgan fingerprint density at radius 3 is 2.85 bits per heavy atom. The predicted molar refractivity (Wildman–Crippen MR) is 80.3 cm³/mol. The Kier molecular flexibility index (Phi) is 4.78. The van der Waals surface area contributed by atoms with Crippen LogP contribution in [0.25, 0.3) is 0 Å². The summed E-state index contributed by atoms with van der Waals surface area (Å²) in [5.74, 6) is 0.799. The molecule has 0 aliphatic rings. The zero-order chi connectivity index (χ0) is 14.4. The molecule has 0 aliphatic carbocycles. The highest BCUT2D eigenvalue weighted by molar-refractivity contribution is 7.11. The van der Waals surface area contributed by atoms with Gasteiger partial charge in [0.2, 0.25) is 0 Å². The number of nitrogen functional groups attached to an aromatic ring is 1. The van der Waals surface area contributed by atoms with Crippen molar-refractivity contribution in [2.45, 2.75) is 0 Å². The number of nitrogens with zero attached hydrogens (tertiary/aromatic N) is 1. The summed E-state index contributed by atoms with van der Waals surface area (Å²) in [6.45, 7) is 1.04. The van der Waals surface area contributed by atoms with Crippen molar-refractivity contribution in [2.24, 2.45) is 0 Å². The molecule has 1 amide bonds. The van der Waals surface area contributed by atoms with E-state index in [1.54, 1.807) is 7.05 Å². The molecule has 0 bridgehead atoms. The van der Waals surface area contributed by atoms with Gasteiger partial charge in [-0.2, -0.15) is 4.37 Å². The lowest BCUT2D eigenvalue weighted by atomic mass is 10.3. The lowest BCUT2D eigenvalue weighted by Gasteiger charge is -2.08. The quantitative estimate of drug-likeness (QED) is 0.703. The lowest BCUT2D eigenvalue weighted by molar-refractivity contribution is 0.0965. The molecule has 1 heterocycles. The van der Waals surface area contributed by atoms with E-state index in [0.717, 1.165) is 17.3 Å². The van der Waals surface area contributed by atoms with E-state index < -0.39 is 0 Å². The number of anilines is 2. The van der Waals surface area contributed by atoms with Gasteiger partial charge in [0, 0.05) is 13.6 Å². The van der Waals surface area contributed by atoms with E-state index in [2.05, 4.69) is 15.0 Å². The van der Waals surface area contributed by atoms with E-state index in [0.29, 0.717) is 23.7 Å². The number of aromatic nitrogens is 1. The molecule has 2 rings (SSSR count). The topological polar surface area (TPSA) is 89.3 Å². The first kappa shape index (κ1) is 14.1. The van der Waals surface area contributed by atoms with Crippen LogP contribution in [0.4, 0.5) is 10.8 Å². The summed E-state index contributed by atoms with van der Waals surface area (Å²) in [5.41, 5.74) is 6.07. The summed E-state index contributed by atoms with van der Waals surface area (Å²) in [4.78, 5) is 11.7. The molecule has 1 aromatic heterocycles. The average molecular weight is 292 g/mol. The number of hydrogen-bond acceptors (Lipinski definition) is 6. The molecule has 0 spiro atoms. The van der Waals surface area contributed by atoms with Crippen molar-refractivity contribution in [3.8, 4) is 5.75 Å². The van der Waals surface area contributed by atoms with Crippen molar-refractivity contribution < 1.29 is 9.53 Å². The second kappa shape index (κ2) is 6.76. The largest absolute Gasteiger partial charge is 0.492 e. The van der Waals surface area contributed by atoms with Gasteiger partial charge in [-0.15, -0.1) is 0 Å². The first-order chi connectivity index (χ1) is 9.72. The van der Waals surface area contributed by atoms with Gasteiger partial charge in [0.25, 0.3) is 5.91 Å². The van der Waals surface area contributed by atoms with Crippen molar-refractivity contribution in [2.75, 3.05) is 31.2 Å². The summed E-state index contributed by atoms with van der Waals surface area (Å²) in [7, 11) is 1.56. The van der Waals surface area contributed by atoms with E-state index in [4.69, 9.17) is 10.5 Å². The van der Waals surface area contributed by atoms with E-state index in [9.17, 15) is 4.79 Å². The molecule has 106 valence electrons. The van der Waals surface area contributed by atoms with Gasteiger partial charge in [-0.3, -0.25) is 4.79 Å². The smallest absolute Gasteiger partial charge is 0.257 e. The molecule has 0 atom stereocenters.